The van der Waals surface area contributed by atoms with E-state index in [-0.39, 0.29) is 24.1 Å². The number of aromatic nitrogens is 3. The molecule has 2 heterocycles. The Labute approximate surface area is 116 Å². The number of amides is 1. The fourth-order valence-corrected chi connectivity index (χ4v) is 2.31. The number of hydrogen-bond acceptors (Lipinski definition) is 6. The molecule has 0 radical (unpaired) electrons. The van der Waals surface area contributed by atoms with Crippen molar-refractivity contribution in [3.63, 3.8) is 0 Å². The number of piperidine rings is 1. The number of likely N-dealkylation sites (tertiary alicyclic amines) is 1. The number of carbonyl (C=O) groups excluding carboxylic acids is 2. The Morgan fingerprint density at radius 2 is 2.05 bits per heavy atom. The Kier molecular flexibility index (Phi) is 4.02. The van der Waals surface area contributed by atoms with E-state index in [1.165, 1.54) is 6.20 Å². The predicted molar refractivity (Wildman–Crippen MR) is 69.3 cm³/mol. The SMILES string of the molecule is CS(=O)(=O)Nc1cnn(CC(=O)N2CCC(=O)CC2)n1. The van der Waals surface area contributed by atoms with E-state index >= 15 is 0 Å². The van der Waals surface area contributed by atoms with Gasteiger partial charge in [-0.05, 0) is 0 Å². The van der Waals surface area contributed by atoms with Crippen LogP contribution in [0, 0.1) is 0 Å². The molecule has 0 spiro atoms. The fraction of sp³-hybridized carbons (Fsp3) is 0.600. The van der Waals surface area contributed by atoms with E-state index in [9.17, 15) is 18.0 Å². The van der Waals surface area contributed by atoms with E-state index in [1.54, 1.807) is 4.90 Å². The highest BCUT2D eigenvalue weighted by molar-refractivity contribution is 7.92. The van der Waals surface area contributed by atoms with Crippen LogP contribution < -0.4 is 4.72 Å². The van der Waals surface area contributed by atoms with Crippen LogP contribution in [-0.4, -0.2) is 59.3 Å². The topological polar surface area (TPSA) is 114 Å². The molecule has 110 valence electrons. The summed E-state index contributed by atoms with van der Waals surface area (Å²) in [4.78, 5) is 25.7. The van der Waals surface area contributed by atoms with Crippen molar-refractivity contribution in [1.29, 1.82) is 0 Å². The van der Waals surface area contributed by atoms with Gasteiger partial charge in [0.1, 0.15) is 12.3 Å². The summed E-state index contributed by atoms with van der Waals surface area (Å²) in [7, 11) is -3.42. The normalized spacial score (nSPS) is 16.2. The number of nitrogens with zero attached hydrogens (tertiary/aromatic N) is 4. The van der Waals surface area contributed by atoms with Gasteiger partial charge in [0.05, 0.1) is 12.5 Å². The third-order valence-corrected chi connectivity index (χ3v) is 3.36. The Morgan fingerprint density at radius 1 is 1.40 bits per heavy atom. The summed E-state index contributed by atoms with van der Waals surface area (Å²) >= 11 is 0. The molecule has 20 heavy (non-hydrogen) atoms. The Morgan fingerprint density at radius 3 is 2.65 bits per heavy atom. The van der Waals surface area contributed by atoms with Gasteiger partial charge in [-0.2, -0.15) is 9.90 Å². The van der Waals surface area contributed by atoms with Crippen LogP contribution in [-0.2, 0) is 26.2 Å². The number of Topliss-reactive ketones (excluding diaryl/α,β-unsaturated/α-hetero) is 1. The van der Waals surface area contributed by atoms with Crippen LogP contribution in [0.1, 0.15) is 12.8 Å². The summed E-state index contributed by atoms with van der Waals surface area (Å²) < 4.78 is 24.2. The molecule has 0 bridgehead atoms. The minimum absolute atomic E-state index is 0.0640. The molecule has 1 N–H and O–H groups in total. The van der Waals surface area contributed by atoms with Gasteiger partial charge in [0.2, 0.25) is 15.9 Å². The zero-order chi connectivity index (χ0) is 14.8. The van der Waals surface area contributed by atoms with Gasteiger partial charge in [-0.3, -0.25) is 14.3 Å². The molecule has 1 aliphatic rings. The second-order valence-electron chi connectivity index (χ2n) is 4.55. The van der Waals surface area contributed by atoms with Crippen LogP contribution in [0.25, 0.3) is 0 Å². The molecule has 1 aromatic heterocycles. The van der Waals surface area contributed by atoms with Crippen molar-refractivity contribution in [2.45, 2.75) is 19.4 Å². The first-order chi connectivity index (χ1) is 9.33. The van der Waals surface area contributed by atoms with E-state index in [0.29, 0.717) is 25.9 Å². The maximum Gasteiger partial charge on any atom is 0.246 e. The van der Waals surface area contributed by atoms with Crippen molar-refractivity contribution < 1.29 is 18.0 Å². The molecular formula is C10H15N5O4S. The molecule has 0 aromatic carbocycles. The lowest BCUT2D eigenvalue weighted by Crippen LogP contribution is -2.40. The number of anilines is 1. The second kappa shape index (κ2) is 5.57. The maximum atomic E-state index is 11.9. The van der Waals surface area contributed by atoms with Crippen molar-refractivity contribution in [3.8, 4) is 0 Å². The number of rotatable bonds is 4. The standard InChI is InChI=1S/C10H15N5O4S/c1-20(18,19)13-9-6-11-15(12-9)7-10(17)14-4-2-8(16)3-5-14/h6H,2-5,7H2,1H3,(H,12,13). The first-order valence-electron chi connectivity index (χ1n) is 6.01. The zero-order valence-corrected chi connectivity index (χ0v) is 11.8. The number of sulfonamides is 1. The number of carbonyl (C=O) groups is 2. The summed E-state index contributed by atoms with van der Waals surface area (Å²) in [5, 5.41) is 7.66. The summed E-state index contributed by atoms with van der Waals surface area (Å²) in [5.74, 6) is 0.0269. The van der Waals surface area contributed by atoms with Crippen molar-refractivity contribution in [1.82, 2.24) is 19.9 Å². The molecule has 0 atom stereocenters. The quantitative estimate of drug-likeness (QED) is 0.750. The summed E-state index contributed by atoms with van der Waals surface area (Å²) in [6, 6.07) is 0. The molecule has 1 aromatic rings. The van der Waals surface area contributed by atoms with Gasteiger partial charge in [-0.1, -0.05) is 0 Å². The van der Waals surface area contributed by atoms with Crippen LogP contribution in [0.3, 0.4) is 0 Å². The zero-order valence-electron chi connectivity index (χ0n) is 10.9. The summed E-state index contributed by atoms with van der Waals surface area (Å²) in [5.41, 5.74) is 0. The molecule has 9 nitrogen and oxygen atoms in total. The summed E-state index contributed by atoms with van der Waals surface area (Å²) in [6.45, 7) is 0.737. The lowest BCUT2D eigenvalue weighted by molar-refractivity contribution is -0.135. The van der Waals surface area contributed by atoms with Gasteiger partial charge in [0.25, 0.3) is 0 Å². The van der Waals surface area contributed by atoms with E-state index in [1.807, 2.05) is 0 Å². The van der Waals surface area contributed by atoms with Crippen molar-refractivity contribution in [2.24, 2.45) is 0 Å². The van der Waals surface area contributed by atoms with Gasteiger partial charge < -0.3 is 4.90 Å². The van der Waals surface area contributed by atoms with Crippen LogP contribution in [0.2, 0.25) is 0 Å². The van der Waals surface area contributed by atoms with E-state index in [4.69, 9.17) is 0 Å². The highest BCUT2D eigenvalue weighted by atomic mass is 32.2. The van der Waals surface area contributed by atoms with Gasteiger partial charge in [-0.25, -0.2) is 8.42 Å². The van der Waals surface area contributed by atoms with Gasteiger partial charge in [0, 0.05) is 25.9 Å². The minimum atomic E-state index is -3.42. The second-order valence-corrected chi connectivity index (χ2v) is 6.30. The Hall–Kier alpha value is -1.97. The van der Waals surface area contributed by atoms with Crippen molar-refractivity contribution in [3.05, 3.63) is 6.20 Å². The molecule has 1 fully saturated rings. The number of hydrogen-bond donors (Lipinski definition) is 1. The molecule has 1 aliphatic heterocycles. The smallest absolute Gasteiger partial charge is 0.246 e. The van der Waals surface area contributed by atoms with Crippen molar-refractivity contribution >= 4 is 27.5 Å². The molecule has 0 saturated carbocycles. The highest BCUT2D eigenvalue weighted by Crippen LogP contribution is 2.07. The lowest BCUT2D eigenvalue weighted by Gasteiger charge is -2.25. The van der Waals surface area contributed by atoms with Crippen LogP contribution >= 0.6 is 0 Å². The van der Waals surface area contributed by atoms with Crippen LogP contribution in [0.4, 0.5) is 5.82 Å². The Bertz CT molecular complexity index is 613. The third-order valence-electron chi connectivity index (χ3n) is 2.78. The molecule has 0 unspecified atom stereocenters. The van der Waals surface area contributed by atoms with Crippen LogP contribution in [0.5, 0.6) is 0 Å². The predicted octanol–water partition coefficient (Wildman–Crippen LogP) is -1.16. The largest absolute Gasteiger partial charge is 0.340 e. The Balaban J connectivity index is 1.93. The highest BCUT2D eigenvalue weighted by Gasteiger charge is 2.21. The molecular weight excluding hydrogens is 286 g/mol. The number of nitrogens with one attached hydrogen (secondary N) is 1. The molecule has 0 aliphatic carbocycles. The summed E-state index contributed by atoms with van der Waals surface area (Å²) in [6.07, 6.45) is 2.98. The molecule has 1 saturated heterocycles. The van der Waals surface area contributed by atoms with Gasteiger partial charge >= 0.3 is 0 Å². The van der Waals surface area contributed by atoms with Crippen LogP contribution in [0.15, 0.2) is 6.20 Å². The van der Waals surface area contributed by atoms with Gasteiger partial charge in [0.15, 0.2) is 5.82 Å². The third kappa shape index (κ3) is 4.02. The van der Waals surface area contributed by atoms with E-state index in [2.05, 4.69) is 14.9 Å². The average Bonchev–Trinajstić information content (AvgIpc) is 2.74. The average molecular weight is 301 g/mol. The lowest BCUT2D eigenvalue weighted by atomic mass is 10.1. The van der Waals surface area contributed by atoms with E-state index < -0.39 is 10.0 Å². The first kappa shape index (κ1) is 14.4. The monoisotopic (exact) mass is 301 g/mol. The molecule has 1 amide bonds. The maximum absolute atomic E-state index is 11.9. The fourth-order valence-electron chi connectivity index (χ4n) is 1.84. The van der Waals surface area contributed by atoms with Crippen molar-refractivity contribution in [2.75, 3.05) is 24.1 Å². The number of ketones is 1. The van der Waals surface area contributed by atoms with Gasteiger partial charge in [-0.15, -0.1) is 5.10 Å². The molecule has 2 rings (SSSR count). The van der Waals surface area contributed by atoms with E-state index in [0.717, 1.165) is 11.1 Å². The molecule has 10 heteroatoms. The minimum Gasteiger partial charge on any atom is -0.340 e. The first-order valence-corrected chi connectivity index (χ1v) is 7.90.